The molecular formula is C17H22BrNO4. The van der Waals surface area contributed by atoms with Gasteiger partial charge in [0, 0.05) is 31.3 Å². The lowest BCUT2D eigenvalue weighted by atomic mass is 9.73. The summed E-state index contributed by atoms with van der Waals surface area (Å²) in [6.07, 6.45) is 1.21. The number of rotatable bonds is 5. The highest BCUT2D eigenvalue weighted by Crippen LogP contribution is 2.37. The monoisotopic (exact) mass is 383 g/mol. The van der Waals surface area contributed by atoms with Gasteiger partial charge in [0.15, 0.2) is 0 Å². The fourth-order valence-corrected chi connectivity index (χ4v) is 3.47. The first-order valence-electron chi connectivity index (χ1n) is 7.69. The van der Waals surface area contributed by atoms with Gasteiger partial charge in [0.25, 0.3) is 0 Å². The number of benzene rings is 1. The molecule has 1 atom stereocenters. The quantitative estimate of drug-likeness (QED) is 0.848. The summed E-state index contributed by atoms with van der Waals surface area (Å²) in [4.78, 5) is 25.8. The topological polar surface area (TPSA) is 66.8 Å². The Balaban J connectivity index is 2.31. The van der Waals surface area contributed by atoms with Crippen molar-refractivity contribution in [3.63, 3.8) is 0 Å². The van der Waals surface area contributed by atoms with Crippen LogP contribution in [0.4, 0.5) is 0 Å². The molecule has 1 fully saturated rings. The first kappa shape index (κ1) is 17.9. The van der Waals surface area contributed by atoms with Gasteiger partial charge in [-0.3, -0.25) is 9.59 Å². The molecule has 0 unspecified atom stereocenters. The molecule has 1 aliphatic heterocycles. The van der Waals surface area contributed by atoms with Crippen molar-refractivity contribution >= 4 is 27.8 Å². The second-order valence-electron chi connectivity index (χ2n) is 6.13. The van der Waals surface area contributed by atoms with Gasteiger partial charge in [0.05, 0.1) is 11.3 Å². The molecular weight excluding hydrogens is 362 g/mol. The van der Waals surface area contributed by atoms with E-state index in [2.05, 4.69) is 15.9 Å². The summed E-state index contributed by atoms with van der Waals surface area (Å²) >= 11 is 3.46. The third kappa shape index (κ3) is 3.93. The molecule has 1 aromatic carbocycles. The molecule has 1 aromatic rings. The van der Waals surface area contributed by atoms with Crippen molar-refractivity contribution in [3.05, 3.63) is 34.3 Å². The first-order chi connectivity index (χ1) is 10.9. The number of halogens is 1. The summed E-state index contributed by atoms with van der Waals surface area (Å²) in [5, 5.41) is 9.08. The highest BCUT2D eigenvalue weighted by Gasteiger charge is 2.43. The van der Waals surface area contributed by atoms with Crippen LogP contribution in [0.2, 0.25) is 0 Å². The smallest absolute Gasteiger partial charge is 0.308 e. The number of carbonyl (C=O) groups is 2. The number of carboxylic acid groups (broad SMARTS) is 1. The van der Waals surface area contributed by atoms with Crippen LogP contribution in [-0.2, 0) is 19.7 Å². The SMILES string of the molecule is C[C@@H](CN(C)C(=O)C1(c2cccc(Br)c2)CCOCC1)C(=O)O. The zero-order valence-electron chi connectivity index (χ0n) is 13.4. The minimum atomic E-state index is -0.895. The lowest BCUT2D eigenvalue weighted by Gasteiger charge is -2.39. The molecule has 0 aliphatic carbocycles. The number of aliphatic carboxylic acids is 1. The number of amides is 1. The maximum absolute atomic E-state index is 13.2. The second-order valence-corrected chi connectivity index (χ2v) is 7.05. The average Bonchev–Trinajstić information content (AvgIpc) is 2.54. The summed E-state index contributed by atoms with van der Waals surface area (Å²) in [7, 11) is 1.68. The molecule has 5 nitrogen and oxygen atoms in total. The number of nitrogens with zero attached hydrogens (tertiary/aromatic N) is 1. The molecule has 0 bridgehead atoms. The summed E-state index contributed by atoms with van der Waals surface area (Å²) in [5.41, 5.74) is 0.310. The summed E-state index contributed by atoms with van der Waals surface area (Å²) < 4.78 is 6.38. The third-order valence-electron chi connectivity index (χ3n) is 4.45. The number of carbonyl (C=O) groups excluding carboxylic acids is 1. The minimum absolute atomic E-state index is 0.0352. The maximum atomic E-state index is 13.2. The molecule has 1 amide bonds. The predicted molar refractivity (Wildman–Crippen MR) is 90.3 cm³/mol. The number of likely N-dealkylation sites (N-methyl/N-ethyl adjacent to an activating group) is 1. The molecule has 1 N–H and O–H groups in total. The fourth-order valence-electron chi connectivity index (χ4n) is 3.07. The number of ether oxygens (including phenoxy) is 1. The summed E-state index contributed by atoms with van der Waals surface area (Å²) in [6, 6.07) is 7.78. The second kappa shape index (κ2) is 7.45. The van der Waals surface area contributed by atoms with Gasteiger partial charge in [-0.05, 0) is 30.5 Å². The van der Waals surface area contributed by atoms with E-state index in [-0.39, 0.29) is 12.5 Å². The van der Waals surface area contributed by atoms with Crippen molar-refractivity contribution in [2.24, 2.45) is 5.92 Å². The van der Waals surface area contributed by atoms with Crippen molar-refractivity contribution in [1.82, 2.24) is 4.90 Å². The van der Waals surface area contributed by atoms with Crippen molar-refractivity contribution in [1.29, 1.82) is 0 Å². The van der Waals surface area contributed by atoms with Gasteiger partial charge in [0.1, 0.15) is 0 Å². The Kier molecular flexibility index (Phi) is 5.81. The van der Waals surface area contributed by atoms with Crippen LogP contribution in [0.25, 0.3) is 0 Å². The number of hydrogen-bond acceptors (Lipinski definition) is 3. The molecule has 6 heteroatoms. The van der Waals surface area contributed by atoms with E-state index in [1.54, 1.807) is 18.9 Å². The van der Waals surface area contributed by atoms with Crippen molar-refractivity contribution in [2.75, 3.05) is 26.8 Å². The molecule has 1 saturated heterocycles. The van der Waals surface area contributed by atoms with Gasteiger partial charge < -0.3 is 14.7 Å². The van der Waals surface area contributed by atoms with Crippen molar-refractivity contribution in [3.8, 4) is 0 Å². The Bertz CT molecular complexity index is 584. The lowest BCUT2D eigenvalue weighted by Crippen LogP contribution is -2.50. The van der Waals surface area contributed by atoms with Gasteiger partial charge in [0.2, 0.25) is 5.91 Å². The van der Waals surface area contributed by atoms with Gasteiger partial charge in [-0.1, -0.05) is 35.0 Å². The Hall–Kier alpha value is -1.40. The molecule has 1 heterocycles. The Morgan fingerprint density at radius 2 is 2.04 bits per heavy atom. The largest absolute Gasteiger partial charge is 0.481 e. The zero-order chi connectivity index (χ0) is 17.0. The van der Waals surface area contributed by atoms with Crippen LogP contribution in [-0.4, -0.2) is 48.7 Å². The molecule has 2 rings (SSSR count). The van der Waals surface area contributed by atoms with E-state index in [1.807, 2.05) is 24.3 Å². The van der Waals surface area contributed by atoms with Gasteiger partial charge in [-0.25, -0.2) is 0 Å². The number of carboxylic acids is 1. The average molecular weight is 384 g/mol. The van der Waals surface area contributed by atoms with E-state index in [1.165, 1.54) is 0 Å². The molecule has 1 aliphatic rings. The Morgan fingerprint density at radius 3 is 2.61 bits per heavy atom. The summed E-state index contributed by atoms with van der Waals surface area (Å²) in [5.74, 6) is -1.52. The normalized spacial score (nSPS) is 18.2. The van der Waals surface area contributed by atoms with Crippen molar-refractivity contribution < 1.29 is 19.4 Å². The van der Waals surface area contributed by atoms with Crippen LogP contribution in [0.15, 0.2) is 28.7 Å². The molecule has 0 aromatic heterocycles. The van der Waals surface area contributed by atoms with Gasteiger partial charge in [-0.15, -0.1) is 0 Å². The zero-order valence-corrected chi connectivity index (χ0v) is 15.0. The van der Waals surface area contributed by atoms with Crippen molar-refractivity contribution in [2.45, 2.75) is 25.2 Å². The van der Waals surface area contributed by atoms with Crippen LogP contribution in [0, 0.1) is 5.92 Å². The van der Waals surface area contributed by atoms with E-state index in [0.717, 1.165) is 10.0 Å². The van der Waals surface area contributed by atoms with E-state index in [4.69, 9.17) is 9.84 Å². The Morgan fingerprint density at radius 1 is 1.39 bits per heavy atom. The lowest BCUT2D eigenvalue weighted by molar-refractivity contribution is -0.145. The van der Waals surface area contributed by atoms with Crippen LogP contribution in [0.3, 0.4) is 0 Å². The van der Waals surface area contributed by atoms with Crippen LogP contribution >= 0.6 is 15.9 Å². The molecule has 23 heavy (non-hydrogen) atoms. The molecule has 0 radical (unpaired) electrons. The third-order valence-corrected chi connectivity index (χ3v) is 4.94. The molecule has 0 saturated carbocycles. The highest BCUT2D eigenvalue weighted by atomic mass is 79.9. The molecule has 0 spiro atoms. The van der Waals surface area contributed by atoms with E-state index in [0.29, 0.717) is 26.1 Å². The van der Waals surface area contributed by atoms with Crippen LogP contribution in [0.1, 0.15) is 25.3 Å². The standard InChI is InChI=1S/C17H22BrNO4/c1-12(15(20)21)11-19(2)16(22)17(6-8-23-9-7-17)13-4-3-5-14(18)10-13/h3-5,10,12H,6-9,11H2,1-2H3,(H,20,21)/t12-/m0/s1. The summed E-state index contributed by atoms with van der Waals surface area (Å²) in [6.45, 7) is 2.87. The Labute approximate surface area is 144 Å². The predicted octanol–water partition coefficient (Wildman–Crippen LogP) is 2.68. The number of hydrogen-bond donors (Lipinski definition) is 1. The van der Waals surface area contributed by atoms with Gasteiger partial charge >= 0.3 is 5.97 Å². The van der Waals surface area contributed by atoms with Crippen LogP contribution in [0.5, 0.6) is 0 Å². The van der Waals surface area contributed by atoms with Crippen LogP contribution < -0.4 is 0 Å². The maximum Gasteiger partial charge on any atom is 0.308 e. The molecule has 126 valence electrons. The fraction of sp³-hybridized carbons (Fsp3) is 0.529. The van der Waals surface area contributed by atoms with E-state index in [9.17, 15) is 9.59 Å². The first-order valence-corrected chi connectivity index (χ1v) is 8.48. The van der Waals surface area contributed by atoms with Gasteiger partial charge in [-0.2, -0.15) is 0 Å². The van der Waals surface area contributed by atoms with E-state index < -0.39 is 17.3 Å². The highest BCUT2D eigenvalue weighted by molar-refractivity contribution is 9.10. The minimum Gasteiger partial charge on any atom is -0.481 e. The van der Waals surface area contributed by atoms with E-state index >= 15 is 0 Å².